The largest absolute Gasteiger partial charge is 0.396 e. The van der Waals surface area contributed by atoms with Crippen LogP contribution in [-0.4, -0.2) is 34.7 Å². The Morgan fingerprint density at radius 3 is 2.38 bits per heavy atom. The molecule has 2 aromatic rings. The van der Waals surface area contributed by atoms with E-state index in [2.05, 4.69) is 4.85 Å². The highest BCUT2D eigenvalue weighted by Crippen LogP contribution is 2.60. The lowest BCUT2D eigenvalue weighted by Crippen LogP contribution is -2.41. The van der Waals surface area contributed by atoms with Crippen molar-refractivity contribution in [2.45, 2.75) is 31.0 Å². The zero-order valence-electron chi connectivity index (χ0n) is 16.0. The third kappa shape index (κ3) is 2.12. The molecule has 0 saturated carbocycles. The molecule has 5 rings (SSSR count). The molecule has 2 saturated heterocycles. The van der Waals surface area contributed by atoms with E-state index in [1.807, 2.05) is 43.3 Å². The van der Waals surface area contributed by atoms with E-state index in [-0.39, 0.29) is 24.8 Å². The standard InChI is InChI=1S/C23H20N2O4/c1-3-22-10-11-23(29-22,12-13-26)19-18(22)20(27)25(21(19)28)17-9-8-16(24-2)14-6-4-5-7-15(14)17/h4-11,18-19,26H,3,12-13H2,1H3/t18-,19+,22?,23?/m1/s1. The Hall–Kier alpha value is -3.01. The summed E-state index contributed by atoms with van der Waals surface area (Å²) in [7, 11) is 0. The van der Waals surface area contributed by atoms with Crippen LogP contribution >= 0.6 is 0 Å². The molecule has 1 N–H and O–H groups in total. The van der Waals surface area contributed by atoms with Crippen LogP contribution in [0.1, 0.15) is 19.8 Å². The van der Waals surface area contributed by atoms with Crippen LogP contribution in [0.4, 0.5) is 11.4 Å². The molecule has 2 amide bonds. The van der Waals surface area contributed by atoms with E-state index in [9.17, 15) is 14.7 Å². The first-order chi connectivity index (χ1) is 14.0. The second-order valence-corrected chi connectivity index (χ2v) is 7.90. The first kappa shape index (κ1) is 18.0. The van der Waals surface area contributed by atoms with Crippen LogP contribution in [0.2, 0.25) is 0 Å². The van der Waals surface area contributed by atoms with Gasteiger partial charge in [0.05, 0.1) is 29.7 Å². The van der Waals surface area contributed by atoms with E-state index in [0.29, 0.717) is 28.6 Å². The maximum atomic E-state index is 13.6. The molecule has 0 spiro atoms. The number of carbonyl (C=O) groups excluding carboxylic acids is 2. The highest BCUT2D eigenvalue weighted by Gasteiger charge is 2.72. The van der Waals surface area contributed by atoms with Crippen molar-refractivity contribution in [2.24, 2.45) is 11.8 Å². The van der Waals surface area contributed by atoms with Crippen molar-refractivity contribution in [3.63, 3.8) is 0 Å². The van der Waals surface area contributed by atoms with Crippen molar-refractivity contribution in [3.8, 4) is 0 Å². The summed E-state index contributed by atoms with van der Waals surface area (Å²) in [5, 5.41) is 11.0. The number of ether oxygens (including phenoxy) is 1. The molecule has 3 aliphatic heterocycles. The van der Waals surface area contributed by atoms with Gasteiger partial charge in [-0.3, -0.25) is 9.59 Å². The fraction of sp³-hybridized carbons (Fsp3) is 0.348. The summed E-state index contributed by atoms with van der Waals surface area (Å²) in [4.78, 5) is 32.0. The molecule has 3 aliphatic rings. The summed E-state index contributed by atoms with van der Waals surface area (Å²) in [5.74, 6) is -1.82. The lowest BCUT2D eigenvalue weighted by atomic mass is 9.70. The number of fused-ring (bicyclic) bond motifs is 6. The molecule has 6 heteroatoms. The van der Waals surface area contributed by atoms with Gasteiger partial charge in [0.2, 0.25) is 11.8 Å². The summed E-state index contributed by atoms with van der Waals surface area (Å²) in [6.45, 7) is 9.22. The van der Waals surface area contributed by atoms with Gasteiger partial charge in [0, 0.05) is 13.0 Å². The number of hydrogen-bond donors (Lipinski definition) is 1. The van der Waals surface area contributed by atoms with Crippen molar-refractivity contribution in [3.05, 3.63) is 60.0 Å². The van der Waals surface area contributed by atoms with E-state index in [1.54, 1.807) is 12.1 Å². The number of benzene rings is 2. The molecule has 2 aromatic carbocycles. The smallest absolute Gasteiger partial charge is 0.241 e. The summed E-state index contributed by atoms with van der Waals surface area (Å²) in [6, 6.07) is 10.7. The quantitative estimate of drug-likeness (QED) is 0.495. The number of imide groups is 1. The maximum absolute atomic E-state index is 13.6. The fourth-order valence-electron chi connectivity index (χ4n) is 5.36. The Balaban J connectivity index is 1.68. The second-order valence-electron chi connectivity index (χ2n) is 7.90. The molecule has 0 radical (unpaired) electrons. The average molecular weight is 388 g/mol. The van der Waals surface area contributed by atoms with Crippen LogP contribution in [0.3, 0.4) is 0 Å². The molecular weight excluding hydrogens is 368 g/mol. The number of hydrogen-bond acceptors (Lipinski definition) is 4. The van der Waals surface area contributed by atoms with Crippen LogP contribution in [0, 0.1) is 18.4 Å². The van der Waals surface area contributed by atoms with Gasteiger partial charge in [-0.25, -0.2) is 9.74 Å². The first-order valence-electron chi connectivity index (χ1n) is 9.80. The summed E-state index contributed by atoms with van der Waals surface area (Å²) < 4.78 is 6.27. The monoisotopic (exact) mass is 388 g/mol. The first-order valence-corrected chi connectivity index (χ1v) is 9.80. The Morgan fingerprint density at radius 2 is 1.72 bits per heavy atom. The van der Waals surface area contributed by atoms with Crippen molar-refractivity contribution in [2.75, 3.05) is 11.5 Å². The number of amides is 2. The molecule has 29 heavy (non-hydrogen) atoms. The van der Waals surface area contributed by atoms with Gasteiger partial charge in [-0.2, -0.15) is 0 Å². The third-order valence-electron chi connectivity index (χ3n) is 6.68. The van der Waals surface area contributed by atoms with Gasteiger partial charge < -0.3 is 9.84 Å². The number of rotatable bonds is 4. The van der Waals surface area contributed by atoms with Crippen molar-refractivity contribution in [1.82, 2.24) is 0 Å². The molecule has 4 atom stereocenters. The van der Waals surface area contributed by atoms with Crippen LogP contribution in [0.5, 0.6) is 0 Å². The van der Waals surface area contributed by atoms with Gasteiger partial charge in [-0.15, -0.1) is 0 Å². The molecule has 0 aromatic heterocycles. The van der Waals surface area contributed by atoms with E-state index in [4.69, 9.17) is 11.3 Å². The normalized spacial score (nSPS) is 32.2. The highest BCUT2D eigenvalue weighted by atomic mass is 16.5. The molecule has 0 aliphatic carbocycles. The predicted molar refractivity (Wildman–Crippen MR) is 107 cm³/mol. The Bertz CT molecular complexity index is 1130. The molecule has 146 valence electrons. The van der Waals surface area contributed by atoms with Gasteiger partial charge in [-0.1, -0.05) is 49.4 Å². The van der Waals surface area contributed by atoms with Crippen LogP contribution < -0.4 is 4.90 Å². The maximum Gasteiger partial charge on any atom is 0.241 e. The van der Waals surface area contributed by atoms with Crippen molar-refractivity contribution < 1.29 is 19.4 Å². The van der Waals surface area contributed by atoms with Crippen molar-refractivity contribution >= 4 is 34.0 Å². The highest BCUT2D eigenvalue weighted by molar-refractivity contribution is 6.26. The van der Waals surface area contributed by atoms with E-state index in [0.717, 1.165) is 0 Å². The lowest BCUT2D eigenvalue weighted by Gasteiger charge is -2.29. The predicted octanol–water partition coefficient (Wildman–Crippen LogP) is 3.37. The number of aliphatic hydroxyl groups excluding tert-OH is 1. The average Bonchev–Trinajstić information content (AvgIpc) is 3.34. The van der Waals surface area contributed by atoms with Gasteiger partial charge in [0.15, 0.2) is 5.69 Å². The van der Waals surface area contributed by atoms with Crippen LogP contribution in [0.15, 0.2) is 48.6 Å². The number of nitrogens with zero attached hydrogens (tertiary/aromatic N) is 2. The van der Waals surface area contributed by atoms with Gasteiger partial charge in [0.1, 0.15) is 5.60 Å². The molecule has 6 nitrogen and oxygen atoms in total. The SMILES string of the molecule is [C-]#[N+]c1ccc(N2C(=O)[C@@H]3[C@H](C2=O)C2(CC)C=CC3(CCO)O2)c2ccccc12. The summed E-state index contributed by atoms with van der Waals surface area (Å²) in [5.41, 5.74) is -0.769. The lowest BCUT2D eigenvalue weighted by molar-refractivity contribution is -0.130. The Kier molecular flexibility index (Phi) is 3.73. The third-order valence-corrected chi connectivity index (χ3v) is 6.68. The van der Waals surface area contributed by atoms with Gasteiger partial charge in [-0.05, 0) is 23.3 Å². The van der Waals surface area contributed by atoms with Crippen molar-refractivity contribution in [1.29, 1.82) is 0 Å². The van der Waals surface area contributed by atoms with Gasteiger partial charge in [0.25, 0.3) is 0 Å². The minimum atomic E-state index is -0.941. The van der Waals surface area contributed by atoms with E-state index >= 15 is 0 Å². The minimum absolute atomic E-state index is 0.128. The minimum Gasteiger partial charge on any atom is -0.396 e. The van der Waals surface area contributed by atoms with E-state index in [1.165, 1.54) is 4.90 Å². The number of aliphatic hydroxyl groups is 1. The zero-order chi connectivity index (χ0) is 20.4. The number of anilines is 1. The van der Waals surface area contributed by atoms with Gasteiger partial charge >= 0.3 is 0 Å². The second kappa shape index (κ2) is 5.99. The molecular formula is C23H20N2O4. The fourth-order valence-corrected chi connectivity index (χ4v) is 5.36. The number of carbonyl (C=O) groups is 2. The topological polar surface area (TPSA) is 71.2 Å². The van der Waals surface area contributed by atoms with Crippen LogP contribution in [-0.2, 0) is 14.3 Å². The summed E-state index contributed by atoms with van der Waals surface area (Å²) in [6.07, 6.45) is 4.61. The molecule has 3 heterocycles. The Labute approximate surface area is 168 Å². The molecule has 2 fully saturated rings. The molecule has 2 bridgehead atoms. The zero-order valence-corrected chi connectivity index (χ0v) is 16.0. The van der Waals surface area contributed by atoms with E-state index < -0.39 is 23.0 Å². The summed E-state index contributed by atoms with van der Waals surface area (Å²) >= 11 is 0. The molecule has 2 unspecified atom stereocenters. The van der Waals surface area contributed by atoms with Crippen LogP contribution in [0.25, 0.3) is 15.6 Å². The Morgan fingerprint density at radius 1 is 1.07 bits per heavy atom.